The molecule has 0 aliphatic heterocycles. The zero-order valence-electron chi connectivity index (χ0n) is 16.4. The Balaban J connectivity index is 1.39. The summed E-state index contributed by atoms with van der Waals surface area (Å²) >= 11 is 0. The predicted molar refractivity (Wildman–Crippen MR) is 118 cm³/mol. The lowest BCUT2D eigenvalue weighted by atomic mass is 10.1. The Bertz CT molecular complexity index is 1160. The third-order valence-electron chi connectivity index (χ3n) is 4.81. The summed E-state index contributed by atoms with van der Waals surface area (Å²) in [6, 6.07) is 23.6. The summed E-state index contributed by atoms with van der Waals surface area (Å²) in [6.07, 6.45) is 0. The van der Waals surface area contributed by atoms with Crippen LogP contribution >= 0.6 is 0 Å². The number of fused-ring (bicyclic) bond motifs is 1. The molecule has 4 rings (SSSR count). The highest BCUT2D eigenvalue weighted by atomic mass is 16.3. The van der Waals surface area contributed by atoms with E-state index in [4.69, 9.17) is 10.2 Å². The normalized spacial score (nSPS) is 11.8. The maximum Gasteiger partial charge on any atom is 0.248 e. The number of nitrogens with two attached hydrogens (primary N) is 1. The van der Waals surface area contributed by atoms with Crippen LogP contribution in [-0.4, -0.2) is 17.9 Å². The van der Waals surface area contributed by atoms with Crippen molar-refractivity contribution in [2.75, 3.05) is 10.6 Å². The summed E-state index contributed by atoms with van der Waals surface area (Å²) in [5.41, 5.74) is 8.85. The van der Waals surface area contributed by atoms with Crippen molar-refractivity contribution in [3.63, 3.8) is 0 Å². The van der Waals surface area contributed by atoms with Gasteiger partial charge in [-0.15, -0.1) is 0 Å². The first-order chi connectivity index (χ1) is 14.5. The summed E-state index contributed by atoms with van der Waals surface area (Å²) < 4.78 is 5.89. The van der Waals surface area contributed by atoms with Gasteiger partial charge in [0, 0.05) is 27.9 Å². The van der Waals surface area contributed by atoms with Crippen molar-refractivity contribution in [3.05, 3.63) is 84.4 Å². The third kappa shape index (κ3) is 4.17. The standard InChI is InChI=1S/C24H21N3O3/c1-15(24(29)27-20-12-8-17(9-13-20)23(25)28)26-19-10-6-16(7-11-19)22-14-18-4-2-3-5-21(18)30-22/h2-15,26H,1H3,(H2,25,28)(H,27,29)/t15-/m0/s1. The first kappa shape index (κ1) is 19.3. The molecule has 0 aliphatic rings. The van der Waals surface area contributed by atoms with Crippen molar-refractivity contribution >= 4 is 34.2 Å². The van der Waals surface area contributed by atoms with Crippen LogP contribution in [-0.2, 0) is 4.79 Å². The molecule has 0 fully saturated rings. The Hall–Kier alpha value is -4.06. The van der Waals surface area contributed by atoms with Gasteiger partial charge in [-0.1, -0.05) is 18.2 Å². The molecule has 0 unspecified atom stereocenters. The molecule has 4 aromatic rings. The minimum atomic E-state index is -0.506. The third-order valence-corrected chi connectivity index (χ3v) is 4.81. The molecule has 0 saturated heterocycles. The molecule has 1 aromatic heterocycles. The van der Waals surface area contributed by atoms with E-state index < -0.39 is 11.9 Å². The molecule has 2 amide bonds. The molecule has 0 radical (unpaired) electrons. The van der Waals surface area contributed by atoms with E-state index in [0.717, 1.165) is 28.0 Å². The van der Waals surface area contributed by atoms with Crippen LogP contribution in [0.3, 0.4) is 0 Å². The molecule has 0 bridgehead atoms. The van der Waals surface area contributed by atoms with Crippen LogP contribution in [0, 0.1) is 0 Å². The van der Waals surface area contributed by atoms with Gasteiger partial charge in [0.1, 0.15) is 17.4 Å². The Morgan fingerprint density at radius 3 is 2.23 bits per heavy atom. The van der Waals surface area contributed by atoms with Crippen LogP contribution in [0.2, 0.25) is 0 Å². The molecule has 6 nitrogen and oxygen atoms in total. The monoisotopic (exact) mass is 399 g/mol. The van der Waals surface area contributed by atoms with Crippen molar-refractivity contribution in [1.82, 2.24) is 0 Å². The van der Waals surface area contributed by atoms with E-state index in [9.17, 15) is 9.59 Å². The van der Waals surface area contributed by atoms with E-state index in [0.29, 0.717) is 11.3 Å². The molecular formula is C24H21N3O3. The SMILES string of the molecule is C[C@H](Nc1ccc(-c2cc3ccccc3o2)cc1)C(=O)Nc1ccc(C(N)=O)cc1. The molecule has 150 valence electrons. The summed E-state index contributed by atoms with van der Waals surface area (Å²) in [5, 5.41) is 7.05. The Labute approximate surface area is 173 Å². The Morgan fingerprint density at radius 2 is 1.57 bits per heavy atom. The highest BCUT2D eigenvalue weighted by molar-refractivity contribution is 5.97. The summed E-state index contributed by atoms with van der Waals surface area (Å²) in [6.45, 7) is 1.78. The number of amides is 2. The van der Waals surface area contributed by atoms with Gasteiger partial charge in [-0.2, -0.15) is 0 Å². The van der Waals surface area contributed by atoms with Gasteiger partial charge < -0.3 is 20.8 Å². The summed E-state index contributed by atoms with van der Waals surface area (Å²) in [5.74, 6) is 0.102. The fraction of sp³-hybridized carbons (Fsp3) is 0.0833. The topological polar surface area (TPSA) is 97.4 Å². The fourth-order valence-electron chi connectivity index (χ4n) is 3.14. The first-order valence-electron chi connectivity index (χ1n) is 9.56. The van der Waals surface area contributed by atoms with Crippen LogP contribution in [0.1, 0.15) is 17.3 Å². The van der Waals surface area contributed by atoms with E-state index in [1.807, 2.05) is 54.6 Å². The van der Waals surface area contributed by atoms with Crippen LogP contribution in [0.5, 0.6) is 0 Å². The molecular weight excluding hydrogens is 378 g/mol. The van der Waals surface area contributed by atoms with Crippen molar-refractivity contribution in [2.24, 2.45) is 5.73 Å². The fourth-order valence-corrected chi connectivity index (χ4v) is 3.14. The zero-order chi connectivity index (χ0) is 21.1. The maximum atomic E-state index is 12.4. The average molecular weight is 399 g/mol. The minimum Gasteiger partial charge on any atom is -0.456 e. The van der Waals surface area contributed by atoms with Gasteiger partial charge in [0.2, 0.25) is 11.8 Å². The molecule has 3 aromatic carbocycles. The number of benzene rings is 3. The number of carbonyl (C=O) groups excluding carboxylic acids is 2. The quantitative estimate of drug-likeness (QED) is 0.440. The zero-order valence-corrected chi connectivity index (χ0v) is 16.4. The Morgan fingerprint density at radius 1 is 0.900 bits per heavy atom. The number of carbonyl (C=O) groups is 2. The van der Waals surface area contributed by atoms with Crippen LogP contribution in [0.15, 0.2) is 83.3 Å². The molecule has 0 saturated carbocycles. The van der Waals surface area contributed by atoms with E-state index in [1.165, 1.54) is 0 Å². The van der Waals surface area contributed by atoms with E-state index in [2.05, 4.69) is 10.6 Å². The second-order valence-corrected chi connectivity index (χ2v) is 7.02. The average Bonchev–Trinajstić information content (AvgIpc) is 3.19. The minimum absolute atomic E-state index is 0.191. The van der Waals surface area contributed by atoms with Crippen LogP contribution in [0.4, 0.5) is 11.4 Å². The van der Waals surface area contributed by atoms with Crippen molar-refractivity contribution < 1.29 is 14.0 Å². The number of para-hydroxylation sites is 1. The van der Waals surface area contributed by atoms with Crippen LogP contribution in [0.25, 0.3) is 22.3 Å². The van der Waals surface area contributed by atoms with Crippen LogP contribution < -0.4 is 16.4 Å². The predicted octanol–water partition coefficient (Wildman–Crippen LogP) is 4.64. The molecule has 6 heteroatoms. The molecule has 30 heavy (non-hydrogen) atoms. The van der Waals surface area contributed by atoms with E-state index in [1.54, 1.807) is 31.2 Å². The lowest BCUT2D eigenvalue weighted by Gasteiger charge is -2.15. The number of nitrogens with one attached hydrogen (secondary N) is 2. The van der Waals surface area contributed by atoms with Gasteiger partial charge in [-0.3, -0.25) is 9.59 Å². The smallest absolute Gasteiger partial charge is 0.248 e. The number of anilines is 2. The number of rotatable bonds is 6. The molecule has 1 heterocycles. The molecule has 1 atom stereocenters. The molecule has 4 N–H and O–H groups in total. The highest BCUT2D eigenvalue weighted by Gasteiger charge is 2.13. The number of hydrogen-bond acceptors (Lipinski definition) is 4. The van der Waals surface area contributed by atoms with Gasteiger partial charge in [0.25, 0.3) is 0 Å². The maximum absolute atomic E-state index is 12.4. The second kappa shape index (κ2) is 8.13. The lowest BCUT2D eigenvalue weighted by molar-refractivity contribution is -0.116. The number of furan rings is 1. The van der Waals surface area contributed by atoms with E-state index >= 15 is 0 Å². The van der Waals surface area contributed by atoms with Crippen molar-refractivity contribution in [1.29, 1.82) is 0 Å². The lowest BCUT2D eigenvalue weighted by Crippen LogP contribution is -2.31. The van der Waals surface area contributed by atoms with Gasteiger partial charge in [-0.25, -0.2) is 0 Å². The second-order valence-electron chi connectivity index (χ2n) is 7.02. The first-order valence-corrected chi connectivity index (χ1v) is 9.56. The van der Waals surface area contributed by atoms with E-state index in [-0.39, 0.29) is 5.91 Å². The molecule has 0 spiro atoms. The van der Waals surface area contributed by atoms with Crippen molar-refractivity contribution in [2.45, 2.75) is 13.0 Å². The van der Waals surface area contributed by atoms with Gasteiger partial charge >= 0.3 is 0 Å². The Kier molecular flexibility index (Phi) is 5.22. The molecule has 0 aliphatic carbocycles. The highest BCUT2D eigenvalue weighted by Crippen LogP contribution is 2.28. The summed E-state index contributed by atoms with van der Waals surface area (Å²) in [4.78, 5) is 23.6. The van der Waals surface area contributed by atoms with Gasteiger partial charge in [0.15, 0.2) is 0 Å². The van der Waals surface area contributed by atoms with Gasteiger partial charge in [0.05, 0.1) is 0 Å². The summed E-state index contributed by atoms with van der Waals surface area (Å²) in [7, 11) is 0. The van der Waals surface area contributed by atoms with Crippen molar-refractivity contribution in [3.8, 4) is 11.3 Å². The number of primary amides is 1. The number of hydrogen-bond donors (Lipinski definition) is 3. The largest absolute Gasteiger partial charge is 0.456 e. The van der Waals surface area contributed by atoms with Gasteiger partial charge in [-0.05, 0) is 67.6 Å².